The van der Waals surface area contributed by atoms with E-state index in [2.05, 4.69) is 22.5 Å². The first-order valence-electron chi connectivity index (χ1n) is 5.89. The van der Waals surface area contributed by atoms with Crippen LogP contribution >= 0.6 is 12.2 Å². The lowest BCUT2D eigenvalue weighted by Gasteiger charge is -2.03. The second-order valence-corrected chi connectivity index (χ2v) is 4.49. The van der Waals surface area contributed by atoms with Gasteiger partial charge in [-0.1, -0.05) is 25.8 Å². The lowest BCUT2D eigenvalue weighted by Crippen LogP contribution is -1.97. The molecule has 3 nitrogen and oxygen atoms in total. The van der Waals surface area contributed by atoms with Gasteiger partial charge in [0.15, 0.2) is 4.77 Å². The monoisotopic (exact) mass is 245 g/mol. The third-order valence-electron chi connectivity index (χ3n) is 2.92. The van der Waals surface area contributed by atoms with Crippen molar-refractivity contribution in [3.05, 3.63) is 28.5 Å². The van der Waals surface area contributed by atoms with Gasteiger partial charge in [-0.25, -0.2) is 0 Å². The summed E-state index contributed by atoms with van der Waals surface area (Å²) in [5, 5.41) is 9.04. The summed E-state index contributed by atoms with van der Waals surface area (Å²) in [5.41, 5.74) is 2.55. The second-order valence-electron chi connectivity index (χ2n) is 4.10. The van der Waals surface area contributed by atoms with Gasteiger partial charge in [0.25, 0.3) is 0 Å². The molecule has 88 valence electrons. The van der Waals surface area contributed by atoms with Crippen LogP contribution < -0.4 is 0 Å². The van der Waals surface area contributed by atoms with E-state index in [4.69, 9.17) is 17.5 Å². The summed E-state index contributed by atoms with van der Waals surface area (Å²) >= 11 is 5.31. The first-order chi connectivity index (χ1) is 8.27. The van der Waals surface area contributed by atoms with Gasteiger partial charge in [-0.15, -0.1) is 0 Å². The number of hydrogen-bond acceptors (Lipinski definition) is 2. The second kappa shape index (κ2) is 5.15. The molecule has 0 saturated carbocycles. The molecule has 0 aliphatic rings. The molecule has 0 fully saturated rings. The zero-order valence-corrected chi connectivity index (χ0v) is 10.7. The standard InChI is InChI=1S/C13H15N3S/c1-2-3-4-8-16-11-7-5-6-10(9-14)12(11)15-13(16)17/h5-7H,2-4,8H2,1H3,(H,15,17). The Kier molecular flexibility index (Phi) is 3.60. The number of para-hydroxylation sites is 1. The Morgan fingerprint density at radius 2 is 2.24 bits per heavy atom. The number of rotatable bonds is 4. The molecule has 17 heavy (non-hydrogen) atoms. The number of hydrogen-bond donors (Lipinski definition) is 1. The Morgan fingerprint density at radius 1 is 1.41 bits per heavy atom. The van der Waals surface area contributed by atoms with Gasteiger partial charge in [-0.3, -0.25) is 0 Å². The molecule has 0 bridgehead atoms. The zero-order valence-electron chi connectivity index (χ0n) is 9.86. The maximum Gasteiger partial charge on any atom is 0.178 e. The Balaban J connectivity index is 2.46. The van der Waals surface area contributed by atoms with E-state index in [0.29, 0.717) is 10.3 Å². The number of aryl methyl sites for hydroxylation is 1. The minimum Gasteiger partial charge on any atom is -0.329 e. The molecular weight excluding hydrogens is 230 g/mol. The van der Waals surface area contributed by atoms with Gasteiger partial charge in [-0.05, 0) is 30.8 Å². The Hall–Kier alpha value is -1.60. The number of nitrogens with one attached hydrogen (secondary N) is 1. The molecule has 0 saturated heterocycles. The van der Waals surface area contributed by atoms with E-state index in [-0.39, 0.29) is 0 Å². The largest absolute Gasteiger partial charge is 0.329 e. The molecular formula is C13H15N3S. The average molecular weight is 245 g/mol. The number of benzene rings is 1. The highest BCUT2D eigenvalue weighted by molar-refractivity contribution is 7.71. The van der Waals surface area contributed by atoms with Crippen molar-refractivity contribution in [2.24, 2.45) is 0 Å². The number of aromatic amines is 1. The molecule has 0 unspecified atom stereocenters. The molecule has 1 aromatic carbocycles. The fraction of sp³-hybridized carbons (Fsp3) is 0.385. The van der Waals surface area contributed by atoms with Crippen LogP contribution in [-0.2, 0) is 6.54 Å². The molecule has 0 amide bonds. The number of unbranched alkanes of at least 4 members (excludes halogenated alkanes) is 2. The van der Waals surface area contributed by atoms with Crippen LogP contribution in [0.5, 0.6) is 0 Å². The smallest absolute Gasteiger partial charge is 0.178 e. The number of nitriles is 1. The van der Waals surface area contributed by atoms with Crippen LogP contribution in [0.3, 0.4) is 0 Å². The number of imidazole rings is 1. The maximum absolute atomic E-state index is 9.04. The van der Waals surface area contributed by atoms with Crippen molar-refractivity contribution in [3.8, 4) is 6.07 Å². The molecule has 0 aliphatic carbocycles. The molecule has 2 rings (SSSR count). The van der Waals surface area contributed by atoms with Crippen molar-refractivity contribution in [1.29, 1.82) is 5.26 Å². The lowest BCUT2D eigenvalue weighted by molar-refractivity contribution is 0.608. The predicted octanol–water partition coefficient (Wildman–Crippen LogP) is 3.76. The molecule has 1 heterocycles. The van der Waals surface area contributed by atoms with E-state index in [0.717, 1.165) is 24.0 Å². The molecule has 1 N–H and O–H groups in total. The summed E-state index contributed by atoms with van der Waals surface area (Å²) in [5.74, 6) is 0. The van der Waals surface area contributed by atoms with E-state index in [9.17, 15) is 0 Å². The van der Waals surface area contributed by atoms with E-state index in [1.165, 1.54) is 12.8 Å². The first kappa shape index (κ1) is 11.9. The Bertz CT molecular complexity index is 616. The number of H-pyrrole nitrogens is 1. The highest BCUT2D eigenvalue weighted by Crippen LogP contribution is 2.18. The lowest BCUT2D eigenvalue weighted by atomic mass is 10.2. The SMILES string of the molecule is CCCCCn1c(=S)[nH]c2c(C#N)cccc21. The molecule has 4 heteroatoms. The van der Waals surface area contributed by atoms with Crippen molar-refractivity contribution in [2.75, 3.05) is 0 Å². The third kappa shape index (κ3) is 2.25. The van der Waals surface area contributed by atoms with Crippen LogP contribution in [0.1, 0.15) is 31.7 Å². The van der Waals surface area contributed by atoms with Crippen LogP contribution in [0, 0.1) is 16.1 Å². The Labute approximate surface area is 106 Å². The minimum absolute atomic E-state index is 0.655. The van der Waals surface area contributed by atoms with Crippen molar-refractivity contribution in [1.82, 2.24) is 9.55 Å². The van der Waals surface area contributed by atoms with Crippen LogP contribution in [-0.4, -0.2) is 9.55 Å². The number of nitrogens with zero attached hydrogens (tertiary/aromatic N) is 2. The van der Waals surface area contributed by atoms with Gasteiger partial charge in [0.2, 0.25) is 0 Å². The van der Waals surface area contributed by atoms with Crippen LogP contribution in [0.4, 0.5) is 0 Å². The molecule has 0 spiro atoms. The first-order valence-corrected chi connectivity index (χ1v) is 6.30. The van der Waals surface area contributed by atoms with Gasteiger partial charge in [-0.2, -0.15) is 5.26 Å². The summed E-state index contributed by atoms with van der Waals surface area (Å²) in [6.07, 6.45) is 3.51. The number of fused-ring (bicyclic) bond motifs is 1. The molecule has 0 aliphatic heterocycles. The highest BCUT2D eigenvalue weighted by atomic mass is 32.1. The summed E-state index contributed by atoms with van der Waals surface area (Å²) in [4.78, 5) is 3.13. The molecule has 0 radical (unpaired) electrons. The van der Waals surface area contributed by atoms with Crippen molar-refractivity contribution < 1.29 is 0 Å². The molecule has 0 atom stereocenters. The molecule has 2 aromatic rings. The summed E-state index contributed by atoms with van der Waals surface area (Å²) < 4.78 is 2.79. The predicted molar refractivity (Wildman–Crippen MR) is 71.4 cm³/mol. The van der Waals surface area contributed by atoms with Gasteiger partial charge in [0.05, 0.1) is 16.6 Å². The summed E-state index contributed by atoms with van der Waals surface area (Å²) in [7, 11) is 0. The van der Waals surface area contributed by atoms with Crippen molar-refractivity contribution in [2.45, 2.75) is 32.7 Å². The fourth-order valence-corrected chi connectivity index (χ4v) is 2.31. The van der Waals surface area contributed by atoms with Gasteiger partial charge < -0.3 is 9.55 Å². The average Bonchev–Trinajstić information content (AvgIpc) is 2.66. The van der Waals surface area contributed by atoms with Gasteiger partial charge in [0.1, 0.15) is 6.07 Å². The highest BCUT2D eigenvalue weighted by Gasteiger charge is 2.07. The maximum atomic E-state index is 9.04. The van der Waals surface area contributed by atoms with Crippen LogP contribution in [0.25, 0.3) is 11.0 Å². The van der Waals surface area contributed by atoms with Crippen molar-refractivity contribution in [3.63, 3.8) is 0 Å². The van der Waals surface area contributed by atoms with E-state index in [1.54, 1.807) is 0 Å². The third-order valence-corrected chi connectivity index (χ3v) is 3.24. The summed E-state index contributed by atoms with van der Waals surface area (Å²) in [6, 6.07) is 7.91. The fourth-order valence-electron chi connectivity index (χ4n) is 2.02. The summed E-state index contributed by atoms with van der Waals surface area (Å²) in [6.45, 7) is 3.10. The number of aromatic nitrogens is 2. The van der Waals surface area contributed by atoms with Crippen LogP contribution in [0.2, 0.25) is 0 Å². The molecule has 1 aromatic heterocycles. The van der Waals surface area contributed by atoms with E-state index < -0.39 is 0 Å². The topological polar surface area (TPSA) is 44.5 Å². The van der Waals surface area contributed by atoms with Crippen molar-refractivity contribution >= 4 is 23.3 Å². The van der Waals surface area contributed by atoms with E-state index >= 15 is 0 Å². The quantitative estimate of drug-likeness (QED) is 0.658. The minimum atomic E-state index is 0.655. The normalized spacial score (nSPS) is 10.6. The zero-order chi connectivity index (χ0) is 12.3. The van der Waals surface area contributed by atoms with Gasteiger partial charge in [0, 0.05) is 6.54 Å². The van der Waals surface area contributed by atoms with E-state index in [1.807, 2.05) is 18.2 Å². The van der Waals surface area contributed by atoms with Gasteiger partial charge >= 0.3 is 0 Å². The Morgan fingerprint density at radius 3 is 2.94 bits per heavy atom. The van der Waals surface area contributed by atoms with Crippen LogP contribution in [0.15, 0.2) is 18.2 Å².